The number of hydrogen-bond donors (Lipinski definition) is 3. The van der Waals surface area contributed by atoms with Gasteiger partial charge < -0.3 is 15.6 Å². The van der Waals surface area contributed by atoms with Gasteiger partial charge in [-0.1, -0.05) is 6.92 Å². The van der Waals surface area contributed by atoms with E-state index >= 15 is 0 Å². The third kappa shape index (κ3) is 3.58. The van der Waals surface area contributed by atoms with Crippen molar-refractivity contribution in [1.82, 2.24) is 15.6 Å². The van der Waals surface area contributed by atoms with Crippen molar-refractivity contribution in [2.24, 2.45) is 5.92 Å². The molecule has 0 saturated carbocycles. The van der Waals surface area contributed by atoms with Crippen molar-refractivity contribution < 1.29 is 4.79 Å². The van der Waals surface area contributed by atoms with Gasteiger partial charge in [-0.15, -0.1) is 12.4 Å². The van der Waals surface area contributed by atoms with Crippen LogP contribution in [0.4, 0.5) is 0 Å². The van der Waals surface area contributed by atoms with Gasteiger partial charge in [-0.25, -0.2) is 0 Å². The molecule has 5 nitrogen and oxygen atoms in total. The van der Waals surface area contributed by atoms with Crippen LogP contribution in [-0.4, -0.2) is 30.0 Å². The highest BCUT2D eigenvalue weighted by atomic mass is 35.5. The lowest BCUT2D eigenvalue weighted by atomic mass is 9.94. The van der Waals surface area contributed by atoms with Gasteiger partial charge in [0.25, 0.3) is 5.91 Å². The first-order valence-electron chi connectivity index (χ1n) is 5.87. The Morgan fingerprint density at radius 1 is 1.50 bits per heavy atom. The van der Waals surface area contributed by atoms with E-state index in [1.54, 1.807) is 6.07 Å². The molecule has 2 heterocycles. The fraction of sp³-hybridized carbons (Fsp3) is 0.500. The minimum Gasteiger partial charge on any atom is -0.348 e. The topological polar surface area (TPSA) is 74.0 Å². The summed E-state index contributed by atoms with van der Waals surface area (Å²) in [5.74, 6) is 0.277. The number of hydrogen-bond acceptors (Lipinski definition) is 3. The third-order valence-electron chi connectivity index (χ3n) is 3.18. The summed E-state index contributed by atoms with van der Waals surface area (Å²) in [6.45, 7) is 3.91. The van der Waals surface area contributed by atoms with Gasteiger partial charge in [-0.2, -0.15) is 0 Å². The number of carbonyl (C=O) groups excluding carboxylic acids is 1. The van der Waals surface area contributed by atoms with E-state index < -0.39 is 0 Å². The van der Waals surface area contributed by atoms with E-state index in [9.17, 15) is 9.59 Å². The first-order valence-corrected chi connectivity index (χ1v) is 5.87. The van der Waals surface area contributed by atoms with Crippen LogP contribution in [0.2, 0.25) is 0 Å². The number of aromatic nitrogens is 1. The van der Waals surface area contributed by atoms with Crippen LogP contribution in [0.25, 0.3) is 0 Å². The van der Waals surface area contributed by atoms with Crippen LogP contribution in [0, 0.1) is 5.92 Å². The molecule has 1 fully saturated rings. The number of aromatic amines is 1. The Labute approximate surface area is 112 Å². The van der Waals surface area contributed by atoms with Crippen LogP contribution in [0.5, 0.6) is 0 Å². The molecule has 1 aromatic heterocycles. The Hall–Kier alpha value is -1.33. The molecule has 1 aliphatic heterocycles. The van der Waals surface area contributed by atoms with E-state index in [1.165, 1.54) is 12.3 Å². The molecular weight excluding hydrogens is 254 g/mol. The summed E-state index contributed by atoms with van der Waals surface area (Å²) in [7, 11) is 0. The predicted octanol–water partition coefficient (Wildman–Crippen LogP) is 0.524. The predicted molar refractivity (Wildman–Crippen MR) is 72.2 cm³/mol. The molecule has 2 rings (SSSR count). The zero-order valence-corrected chi connectivity index (χ0v) is 11.0. The molecular formula is C12H18ClN3O2. The maximum absolute atomic E-state index is 11.9. The summed E-state index contributed by atoms with van der Waals surface area (Å²) in [5, 5.41) is 6.21. The van der Waals surface area contributed by atoms with Crippen molar-refractivity contribution in [2.45, 2.75) is 19.4 Å². The van der Waals surface area contributed by atoms with Crippen LogP contribution in [-0.2, 0) is 0 Å². The molecule has 1 amide bonds. The van der Waals surface area contributed by atoms with Gasteiger partial charge in [0.2, 0.25) is 5.56 Å². The second-order valence-corrected chi connectivity index (χ2v) is 4.49. The Morgan fingerprint density at radius 2 is 2.28 bits per heavy atom. The van der Waals surface area contributed by atoms with Crippen molar-refractivity contribution in [3.63, 3.8) is 0 Å². The van der Waals surface area contributed by atoms with Crippen LogP contribution >= 0.6 is 12.4 Å². The van der Waals surface area contributed by atoms with E-state index in [0.717, 1.165) is 19.5 Å². The molecule has 1 aromatic rings. The molecule has 1 aliphatic rings. The molecule has 18 heavy (non-hydrogen) atoms. The van der Waals surface area contributed by atoms with Crippen molar-refractivity contribution in [1.29, 1.82) is 0 Å². The molecule has 3 N–H and O–H groups in total. The van der Waals surface area contributed by atoms with Gasteiger partial charge >= 0.3 is 0 Å². The molecule has 2 unspecified atom stereocenters. The Morgan fingerprint density at radius 3 is 2.94 bits per heavy atom. The lowest BCUT2D eigenvalue weighted by Gasteiger charge is -2.30. The largest absolute Gasteiger partial charge is 0.348 e. The first-order chi connectivity index (χ1) is 8.16. The molecule has 6 heteroatoms. The Kier molecular flexibility index (Phi) is 5.37. The zero-order chi connectivity index (χ0) is 12.3. The average molecular weight is 272 g/mol. The quantitative estimate of drug-likeness (QED) is 0.734. The van der Waals surface area contributed by atoms with Crippen molar-refractivity contribution in [3.8, 4) is 0 Å². The summed E-state index contributed by atoms with van der Waals surface area (Å²) in [6.07, 6.45) is 2.54. The highest BCUT2D eigenvalue weighted by Crippen LogP contribution is 2.11. The number of amides is 1. The van der Waals surface area contributed by atoms with Crippen LogP contribution in [0.1, 0.15) is 23.7 Å². The van der Waals surface area contributed by atoms with Gasteiger partial charge in [-0.05, 0) is 24.9 Å². The fourth-order valence-corrected chi connectivity index (χ4v) is 2.02. The summed E-state index contributed by atoms with van der Waals surface area (Å²) in [4.78, 5) is 25.5. The van der Waals surface area contributed by atoms with Gasteiger partial charge in [0.15, 0.2) is 0 Å². The van der Waals surface area contributed by atoms with Crippen LogP contribution in [0.15, 0.2) is 23.1 Å². The van der Waals surface area contributed by atoms with Crippen molar-refractivity contribution in [2.75, 3.05) is 13.1 Å². The highest BCUT2D eigenvalue weighted by molar-refractivity contribution is 5.94. The van der Waals surface area contributed by atoms with E-state index in [2.05, 4.69) is 22.5 Å². The van der Waals surface area contributed by atoms with Gasteiger partial charge in [0.1, 0.15) is 0 Å². The smallest absolute Gasteiger partial charge is 0.251 e. The second kappa shape index (κ2) is 6.56. The molecule has 100 valence electrons. The average Bonchev–Trinajstić information content (AvgIpc) is 2.32. The lowest BCUT2D eigenvalue weighted by Crippen LogP contribution is -2.50. The fourth-order valence-electron chi connectivity index (χ4n) is 2.02. The second-order valence-electron chi connectivity index (χ2n) is 4.49. The van der Waals surface area contributed by atoms with Crippen molar-refractivity contribution in [3.05, 3.63) is 34.2 Å². The van der Waals surface area contributed by atoms with E-state index in [1.807, 2.05) is 0 Å². The van der Waals surface area contributed by atoms with Gasteiger partial charge in [-0.3, -0.25) is 9.59 Å². The molecule has 0 radical (unpaired) electrons. The number of piperidine rings is 1. The standard InChI is InChI=1S/C12H17N3O2.ClH/c1-8-2-4-13-7-10(8)15-12(17)9-3-5-14-11(16)6-9;/h3,5-6,8,10,13H,2,4,7H2,1H3,(H,14,16)(H,15,17);1H. The normalized spacial score (nSPS) is 22.9. The van der Waals surface area contributed by atoms with Crippen LogP contribution < -0.4 is 16.2 Å². The Balaban J connectivity index is 0.00000162. The summed E-state index contributed by atoms with van der Waals surface area (Å²) >= 11 is 0. The summed E-state index contributed by atoms with van der Waals surface area (Å²) in [5.41, 5.74) is 0.152. The molecule has 1 saturated heterocycles. The van der Waals surface area contributed by atoms with E-state index in [-0.39, 0.29) is 29.9 Å². The van der Waals surface area contributed by atoms with Gasteiger partial charge in [0, 0.05) is 30.4 Å². The molecule has 0 spiro atoms. The third-order valence-corrected chi connectivity index (χ3v) is 3.18. The molecule has 0 aliphatic carbocycles. The number of H-pyrrole nitrogens is 1. The minimum atomic E-state index is -0.257. The number of pyridine rings is 1. The molecule has 0 aromatic carbocycles. The maximum Gasteiger partial charge on any atom is 0.251 e. The van der Waals surface area contributed by atoms with E-state index in [0.29, 0.717) is 11.5 Å². The molecule has 2 atom stereocenters. The maximum atomic E-state index is 11.9. The number of rotatable bonds is 2. The minimum absolute atomic E-state index is 0. The van der Waals surface area contributed by atoms with Gasteiger partial charge in [0.05, 0.1) is 0 Å². The number of carbonyl (C=O) groups is 1. The van der Waals surface area contributed by atoms with E-state index in [4.69, 9.17) is 0 Å². The lowest BCUT2D eigenvalue weighted by molar-refractivity contribution is 0.0915. The first kappa shape index (κ1) is 14.7. The summed E-state index contributed by atoms with van der Waals surface area (Å²) in [6, 6.07) is 3.06. The monoisotopic (exact) mass is 271 g/mol. The number of halogens is 1. The Bertz CT molecular complexity index is 461. The SMILES string of the molecule is CC1CCNCC1NC(=O)c1cc[nH]c(=O)c1.Cl. The summed E-state index contributed by atoms with van der Waals surface area (Å²) < 4.78 is 0. The number of nitrogens with one attached hydrogen (secondary N) is 3. The highest BCUT2D eigenvalue weighted by Gasteiger charge is 2.22. The van der Waals surface area contributed by atoms with Crippen molar-refractivity contribution >= 4 is 18.3 Å². The zero-order valence-electron chi connectivity index (χ0n) is 10.2. The van der Waals surface area contributed by atoms with Crippen LogP contribution in [0.3, 0.4) is 0 Å². The molecule has 0 bridgehead atoms.